The van der Waals surface area contributed by atoms with Crippen LogP contribution < -0.4 is 19.2 Å². The highest BCUT2D eigenvalue weighted by atomic mass is 35.5. The van der Waals surface area contributed by atoms with Gasteiger partial charge in [-0.2, -0.15) is 0 Å². The molecule has 5 unspecified atom stereocenters. The summed E-state index contributed by atoms with van der Waals surface area (Å²) < 4.78 is 11.9. The van der Waals surface area contributed by atoms with Gasteiger partial charge in [0.25, 0.3) is 0 Å². The molecule has 1 saturated heterocycles. The number of carbonyl (C=O) groups excluding carboxylic acids is 2. The number of ether oxygens (including phenoxy) is 2. The number of nitrogens with zero attached hydrogens (tertiary/aromatic N) is 1. The summed E-state index contributed by atoms with van der Waals surface area (Å²) in [4.78, 5) is 45.7. The lowest BCUT2D eigenvalue weighted by atomic mass is 9.68. The summed E-state index contributed by atoms with van der Waals surface area (Å²) in [5.41, 5.74) is 2.33. The van der Waals surface area contributed by atoms with Gasteiger partial charge in [0.15, 0.2) is 11.5 Å². The van der Waals surface area contributed by atoms with E-state index >= 15 is 0 Å². The van der Waals surface area contributed by atoms with Crippen molar-refractivity contribution in [1.29, 1.82) is 0 Å². The monoisotopic (exact) mass is 698 g/mol. The molecule has 1 N–H and O–H groups in total. The Hall–Kier alpha value is -2.95. The zero-order valence-electron chi connectivity index (χ0n) is 23.7. The van der Waals surface area contributed by atoms with E-state index in [-0.39, 0.29) is 58.1 Å². The van der Waals surface area contributed by atoms with Gasteiger partial charge < -0.3 is 14.5 Å². The largest absolute Gasteiger partial charge is 0.493 e. The molecule has 3 heterocycles. The van der Waals surface area contributed by atoms with Crippen molar-refractivity contribution in [3.05, 3.63) is 101 Å². The molecule has 2 amide bonds. The highest BCUT2D eigenvalue weighted by Crippen LogP contribution is 2.68. The Morgan fingerprint density at radius 1 is 0.889 bits per heavy atom. The maximum absolute atomic E-state index is 14.0. The number of aromatic amines is 1. The predicted octanol–water partition coefficient (Wildman–Crippen LogP) is 7.66. The second-order valence-electron chi connectivity index (χ2n) is 11.9. The van der Waals surface area contributed by atoms with Crippen molar-refractivity contribution in [2.45, 2.75) is 29.2 Å². The van der Waals surface area contributed by atoms with E-state index < -0.39 is 5.92 Å². The van der Waals surface area contributed by atoms with E-state index in [9.17, 15) is 14.4 Å². The summed E-state index contributed by atoms with van der Waals surface area (Å²) in [7, 11) is 1.59. The van der Waals surface area contributed by atoms with Crippen LogP contribution in [0.25, 0.3) is 0 Å². The number of hydrogen-bond donors (Lipinski definition) is 1. The molecule has 4 aromatic rings. The van der Waals surface area contributed by atoms with E-state index in [0.29, 0.717) is 32.3 Å². The number of halogens is 3. The molecule has 12 heteroatoms. The molecule has 45 heavy (non-hydrogen) atoms. The van der Waals surface area contributed by atoms with Gasteiger partial charge in [-0.05, 0) is 78.3 Å². The lowest BCUT2D eigenvalue weighted by molar-refractivity contribution is -0.123. The minimum atomic E-state index is -0.395. The van der Waals surface area contributed by atoms with Crippen LogP contribution in [0.3, 0.4) is 0 Å². The van der Waals surface area contributed by atoms with E-state index in [1.54, 1.807) is 55.3 Å². The van der Waals surface area contributed by atoms with E-state index in [4.69, 9.17) is 44.3 Å². The lowest BCUT2D eigenvalue weighted by Crippen LogP contribution is -2.42. The molecular formula is C33H25Cl3N2O5S2. The first-order chi connectivity index (χ1) is 21.7. The van der Waals surface area contributed by atoms with Crippen molar-refractivity contribution in [1.82, 2.24) is 4.98 Å². The SMILES string of the molecule is COc1cc(C2c3sc(=O)[nH]c3SC3C2[C@H]2C[C@@H]3C3C(=O)N(c4ccc(Cl)cc4)C(=O)C32)ccc1OCc1ccc(Cl)cc1Cl. The van der Waals surface area contributed by atoms with E-state index in [2.05, 4.69) is 4.98 Å². The smallest absolute Gasteiger partial charge is 0.305 e. The van der Waals surface area contributed by atoms with Crippen LogP contribution in [0.15, 0.2) is 70.5 Å². The van der Waals surface area contributed by atoms with Crippen LogP contribution in [0, 0.1) is 29.6 Å². The molecule has 4 aliphatic rings. The lowest BCUT2D eigenvalue weighted by Gasteiger charge is -2.43. The fourth-order valence-corrected chi connectivity index (χ4v) is 11.5. The minimum absolute atomic E-state index is 0.00410. The van der Waals surface area contributed by atoms with Crippen LogP contribution in [0.2, 0.25) is 15.1 Å². The molecule has 7 nitrogen and oxygen atoms in total. The van der Waals surface area contributed by atoms with Crippen LogP contribution in [0.1, 0.15) is 28.3 Å². The average molecular weight is 700 g/mol. The van der Waals surface area contributed by atoms with Crippen molar-refractivity contribution >= 4 is 75.4 Å². The highest BCUT2D eigenvalue weighted by Gasteiger charge is 2.69. The van der Waals surface area contributed by atoms with Gasteiger partial charge in [0.2, 0.25) is 11.8 Å². The summed E-state index contributed by atoms with van der Waals surface area (Å²) in [5.74, 6) is 0.00315. The van der Waals surface area contributed by atoms with Gasteiger partial charge in [-0.25, -0.2) is 0 Å². The predicted molar refractivity (Wildman–Crippen MR) is 176 cm³/mol. The molecule has 2 aliphatic heterocycles. The summed E-state index contributed by atoms with van der Waals surface area (Å²) in [6, 6.07) is 18.0. The third-order valence-electron chi connectivity index (χ3n) is 9.75. The molecule has 2 aliphatic carbocycles. The molecule has 2 saturated carbocycles. The van der Waals surface area contributed by atoms with Crippen LogP contribution in [-0.2, 0) is 16.2 Å². The zero-order valence-corrected chi connectivity index (χ0v) is 27.6. The molecule has 0 radical (unpaired) electrons. The summed E-state index contributed by atoms with van der Waals surface area (Å²) >= 11 is 21.4. The Kier molecular flexibility index (Phi) is 7.26. The number of nitrogens with one attached hydrogen (secondary N) is 1. The second kappa shape index (κ2) is 11.1. The number of thiazole rings is 1. The zero-order chi connectivity index (χ0) is 31.1. The Balaban J connectivity index is 1.14. The van der Waals surface area contributed by atoms with E-state index in [1.165, 1.54) is 16.2 Å². The first kappa shape index (κ1) is 29.5. The molecule has 3 aromatic carbocycles. The highest BCUT2D eigenvalue weighted by molar-refractivity contribution is 8.00. The molecule has 230 valence electrons. The van der Waals surface area contributed by atoms with Crippen LogP contribution >= 0.6 is 57.9 Å². The quantitative estimate of drug-likeness (QED) is 0.208. The molecule has 1 aromatic heterocycles. The number of fused-ring (bicyclic) bond motifs is 9. The van der Waals surface area contributed by atoms with Crippen LogP contribution in [0.5, 0.6) is 11.5 Å². The third kappa shape index (κ3) is 4.65. The Bertz CT molecular complexity index is 1930. The topological polar surface area (TPSA) is 88.7 Å². The summed E-state index contributed by atoms with van der Waals surface area (Å²) in [5, 5.41) is 2.54. The number of thioether (sulfide) groups is 1. The first-order valence-electron chi connectivity index (χ1n) is 14.5. The van der Waals surface area contributed by atoms with Crippen molar-refractivity contribution in [2.75, 3.05) is 12.0 Å². The number of methoxy groups -OCH3 is 1. The second-order valence-corrected chi connectivity index (χ2v) is 15.4. The number of aromatic nitrogens is 1. The van der Waals surface area contributed by atoms with Crippen molar-refractivity contribution < 1.29 is 19.1 Å². The van der Waals surface area contributed by atoms with Gasteiger partial charge in [-0.1, -0.05) is 58.3 Å². The Labute approximate surface area is 281 Å². The molecule has 2 bridgehead atoms. The van der Waals surface area contributed by atoms with Gasteiger partial charge in [-0.3, -0.25) is 19.3 Å². The van der Waals surface area contributed by atoms with Crippen LogP contribution in [-0.4, -0.2) is 29.2 Å². The van der Waals surface area contributed by atoms with Crippen LogP contribution in [0.4, 0.5) is 5.69 Å². The molecule has 8 rings (SSSR count). The van der Waals surface area contributed by atoms with Gasteiger partial charge in [0.05, 0.1) is 29.7 Å². The number of benzene rings is 3. The fraction of sp³-hybridized carbons (Fsp3) is 0.303. The summed E-state index contributed by atoms with van der Waals surface area (Å²) in [6.07, 6.45) is 0.805. The van der Waals surface area contributed by atoms with Crippen molar-refractivity contribution in [2.24, 2.45) is 29.6 Å². The third-order valence-corrected chi connectivity index (χ3v) is 13.2. The van der Waals surface area contributed by atoms with E-state index in [0.717, 1.165) is 27.5 Å². The Morgan fingerprint density at radius 2 is 1.62 bits per heavy atom. The van der Waals surface area contributed by atoms with Crippen molar-refractivity contribution in [3.8, 4) is 11.5 Å². The molecular weight excluding hydrogens is 675 g/mol. The minimum Gasteiger partial charge on any atom is -0.493 e. The molecule has 3 fully saturated rings. The molecule has 0 spiro atoms. The van der Waals surface area contributed by atoms with Gasteiger partial charge in [-0.15, -0.1) is 11.8 Å². The maximum Gasteiger partial charge on any atom is 0.305 e. The standard InChI is InChI=1S/C33H25Cl3N2O5S2/c1-42-23-10-14(3-9-22(23)43-13-15-2-4-17(35)11-21(15)36)24-25-19-12-20(28(25)44-30-29(24)45-33(41)37-30)27-26(19)31(39)38(32(27)40)18-7-5-16(34)6-8-18/h2-11,19-20,24-28H,12-13H2,1H3,(H,37,41)/t19-,20-,24?,25?,26?,27?,28?/m1/s1. The fourth-order valence-electron chi connectivity index (χ4n) is 8.03. The van der Waals surface area contributed by atoms with Crippen molar-refractivity contribution in [3.63, 3.8) is 0 Å². The van der Waals surface area contributed by atoms with Gasteiger partial charge in [0, 0.05) is 36.7 Å². The number of imide groups is 1. The number of carbonyl (C=O) groups is 2. The Morgan fingerprint density at radius 3 is 2.36 bits per heavy atom. The molecule has 7 atom stereocenters. The average Bonchev–Trinajstić information content (AvgIpc) is 3.76. The normalized spacial score (nSPS) is 27.8. The first-order valence-corrected chi connectivity index (χ1v) is 17.3. The number of anilines is 1. The number of rotatable bonds is 6. The number of H-pyrrole nitrogens is 1. The number of hydrogen-bond acceptors (Lipinski definition) is 7. The van der Waals surface area contributed by atoms with Gasteiger partial charge >= 0.3 is 4.87 Å². The van der Waals surface area contributed by atoms with Gasteiger partial charge in [0.1, 0.15) is 6.61 Å². The maximum atomic E-state index is 14.0. The summed E-state index contributed by atoms with van der Waals surface area (Å²) in [6.45, 7) is 0.229. The van der Waals surface area contributed by atoms with E-state index in [1.807, 2.05) is 24.3 Å². The number of amides is 2.